The number of piperidine rings is 1. The van der Waals surface area contributed by atoms with Crippen LogP contribution in [0.15, 0.2) is 48.5 Å². The molecule has 2 aromatic carbocycles. The Balaban J connectivity index is 1.28. The number of likely N-dealkylation sites (tertiary alicyclic amines) is 1. The van der Waals surface area contributed by atoms with Gasteiger partial charge >= 0.3 is 0 Å². The maximum absolute atomic E-state index is 12.5. The molecule has 5 heteroatoms. The summed E-state index contributed by atoms with van der Waals surface area (Å²) in [6.45, 7) is 4.11. The highest BCUT2D eigenvalue weighted by molar-refractivity contribution is 6.30. The number of fused-ring (bicyclic) bond motifs is 1. The van der Waals surface area contributed by atoms with E-state index in [0.29, 0.717) is 17.5 Å². The second-order valence-electron chi connectivity index (χ2n) is 7.86. The van der Waals surface area contributed by atoms with Crippen molar-refractivity contribution in [3.05, 3.63) is 70.2 Å². The number of halogens is 1. The molecule has 4 rings (SSSR count). The molecule has 4 nitrogen and oxygen atoms in total. The molecule has 146 valence electrons. The first-order valence-corrected chi connectivity index (χ1v) is 10.3. The number of carbonyl (C=O) groups excluding carboxylic acids is 2. The van der Waals surface area contributed by atoms with Crippen LogP contribution < -0.4 is 0 Å². The van der Waals surface area contributed by atoms with Gasteiger partial charge in [-0.2, -0.15) is 0 Å². The number of hydrogen-bond acceptors (Lipinski definition) is 4. The van der Waals surface area contributed by atoms with Gasteiger partial charge in [-0.25, -0.2) is 0 Å². The van der Waals surface area contributed by atoms with Crippen molar-refractivity contribution >= 4 is 23.7 Å². The van der Waals surface area contributed by atoms with Crippen molar-refractivity contribution in [1.82, 2.24) is 9.80 Å². The molecule has 2 aliphatic rings. The van der Waals surface area contributed by atoms with Crippen LogP contribution in [0, 0.1) is 5.92 Å². The first-order valence-electron chi connectivity index (χ1n) is 9.92. The van der Waals surface area contributed by atoms with Crippen molar-refractivity contribution in [1.29, 1.82) is 0 Å². The van der Waals surface area contributed by atoms with Crippen molar-refractivity contribution in [2.24, 2.45) is 5.92 Å². The molecule has 0 N–H and O–H groups in total. The summed E-state index contributed by atoms with van der Waals surface area (Å²) in [6.07, 6.45) is 3.20. The molecule has 1 atom stereocenters. The minimum Gasteiger partial charge on any atom is -0.301 e. The van der Waals surface area contributed by atoms with Crippen molar-refractivity contribution in [2.45, 2.75) is 25.4 Å². The molecule has 0 bridgehead atoms. The second-order valence-corrected chi connectivity index (χ2v) is 8.30. The van der Waals surface area contributed by atoms with E-state index in [1.54, 1.807) is 24.3 Å². The zero-order valence-electron chi connectivity index (χ0n) is 15.9. The second kappa shape index (κ2) is 8.56. The lowest BCUT2D eigenvalue weighted by molar-refractivity contribution is -0.112. The lowest BCUT2D eigenvalue weighted by atomic mass is 9.95. The number of benzene rings is 2. The van der Waals surface area contributed by atoms with E-state index in [-0.39, 0.29) is 11.8 Å². The number of rotatable bonds is 6. The minimum atomic E-state index is -0.110. The molecule has 2 heterocycles. The van der Waals surface area contributed by atoms with Crippen LogP contribution in [0.4, 0.5) is 0 Å². The Morgan fingerprint density at radius 1 is 1.07 bits per heavy atom. The summed E-state index contributed by atoms with van der Waals surface area (Å²) in [5.41, 5.74) is 3.14. The van der Waals surface area contributed by atoms with E-state index in [0.717, 1.165) is 56.4 Å². The van der Waals surface area contributed by atoms with E-state index >= 15 is 0 Å². The van der Waals surface area contributed by atoms with E-state index in [1.807, 2.05) is 12.1 Å². The van der Waals surface area contributed by atoms with Crippen molar-refractivity contribution in [3.63, 3.8) is 0 Å². The van der Waals surface area contributed by atoms with Crippen molar-refractivity contribution < 1.29 is 9.59 Å². The number of Topliss-reactive ketones (excluding diaryl/α,β-unsaturated/α-hetero) is 1. The van der Waals surface area contributed by atoms with Gasteiger partial charge in [0.2, 0.25) is 0 Å². The van der Waals surface area contributed by atoms with Gasteiger partial charge in [-0.05, 0) is 67.2 Å². The smallest absolute Gasteiger partial charge is 0.176 e. The van der Waals surface area contributed by atoms with E-state index in [2.05, 4.69) is 21.9 Å². The Hall–Kier alpha value is -2.01. The third kappa shape index (κ3) is 4.19. The predicted molar refractivity (Wildman–Crippen MR) is 111 cm³/mol. The van der Waals surface area contributed by atoms with Crippen LogP contribution in [0.2, 0.25) is 5.02 Å². The molecule has 0 aliphatic carbocycles. The summed E-state index contributed by atoms with van der Waals surface area (Å²) >= 11 is 5.90. The largest absolute Gasteiger partial charge is 0.301 e. The van der Waals surface area contributed by atoms with Gasteiger partial charge in [-0.3, -0.25) is 14.6 Å². The van der Waals surface area contributed by atoms with Crippen LogP contribution in [0.25, 0.3) is 0 Å². The quantitative estimate of drug-likeness (QED) is 0.546. The molecule has 0 amide bonds. The Bertz CT molecular complexity index is 844. The van der Waals surface area contributed by atoms with E-state index in [1.165, 1.54) is 5.56 Å². The third-order valence-corrected chi connectivity index (χ3v) is 6.25. The van der Waals surface area contributed by atoms with Crippen LogP contribution in [0.5, 0.6) is 0 Å². The van der Waals surface area contributed by atoms with Gasteiger partial charge in [-0.15, -0.1) is 0 Å². The Morgan fingerprint density at radius 2 is 1.79 bits per heavy atom. The monoisotopic (exact) mass is 396 g/mol. The predicted octanol–water partition coefficient (Wildman–Crippen LogP) is 3.99. The van der Waals surface area contributed by atoms with Crippen LogP contribution in [-0.4, -0.2) is 48.0 Å². The fraction of sp³-hybridized carbons (Fsp3) is 0.391. The fourth-order valence-electron chi connectivity index (χ4n) is 4.41. The molecule has 1 saturated heterocycles. The molecular weight excluding hydrogens is 372 g/mol. The molecule has 0 radical (unpaired) electrons. The van der Waals surface area contributed by atoms with Gasteiger partial charge in [0.25, 0.3) is 0 Å². The highest BCUT2D eigenvalue weighted by Gasteiger charge is 2.32. The topological polar surface area (TPSA) is 40.6 Å². The van der Waals surface area contributed by atoms with Gasteiger partial charge in [0, 0.05) is 23.7 Å². The van der Waals surface area contributed by atoms with Gasteiger partial charge in [-0.1, -0.05) is 35.9 Å². The zero-order valence-corrected chi connectivity index (χ0v) is 16.6. The van der Waals surface area contributed by atoms with Gasteiger partial charge in [0.1, 0.15) is 6.29 Å². The average molecular weight is 397 g/mol. The lowest BCUT2D eigenvalue weighted by Crippen LogP contribution is -2.40. The fourth-order valence-corrected chi connectivity index (χ4v) is 4.53. The summed E-state index contributed by atoms with van der Waals surface area (Å²) in [5, 5.41) is 0.648. The Labute approximate surface area is 171 Å². The highest BCUT2D eigenvalue weighted by Crippen LogP contribution is 2.34. The number of carbonyl (C=O) groups is 2. The van der Waals surface area contributed by atoms with Gasteiger partial charge in [0.05, 0.1) is 12.6 Å². The molecular formula is C23H25ClN2O2. The van der Waals surface area contributed by atoms with Crippen LogP contribution >= 0.6 is 11.6 Å². The third-order valence-electron chi connectivity index (χ3n) is 6.00. The van der Waals surface area contributed by atoms with Crippen LogP contribution in [-0.2, 0) is 11.3 Å². The first kappa shape index (κ1) is 19.3. The number of nitrogens with zero attached hydrogens (tertiary/aromatic N) is 2. The van der Waals surface area contributed by atoms with Crippen LogP contribution in [0.3, 0.4) is 0 Å². The summed E-state index contributed by atoms with van der Waals surface area (Å²) in [7, 11) is 0. The molecule has 1 fully saturated rings. The first-order chi connectivity index (χ1) is 13.6. The maximum Gasteiger partial charge on any atom is 0.176 e. The number of ketones is 1. The molecule has 0 aromatic heterocycles. The van der Waals surface area contributed by atoms with Crippen molar-refractivity contribution in [2.75, 3.05) is 26.2 Å². The van der Waals surface area contributed by atoms with Gasteiger partial charge in [0.15, 0.2) is 5.78 Å². The molecule has 0 saturated carbocycles. The lowest BCUT2D eigenvalue weighted by Gasteiger charge is -2.34. The average Bonchev–Trinajstić information content (AvgIpc) is 3.07. The van der Waals surface area contributed by atoms with E-state index in [4.69, 9.17) is 11.6 Å². The highest BCUT2D eigenvalue weighted by atomic mass is 35.5. The van der Waals surface area contributed by atoms with E-state index in [9.17, 15) is 9.59 Å². The molecule has 28 heavy (non-hydrogen) atoms. The standard InChI is InChI=1S/C23H25ClN2O2/c24-20-7-5-18(6-8-20)23(28)15-25-11-9-17(10-12-25)13-26-14-19-3-1-2-4-21(19)22(26)16-27/h1-8,16-17,22H,9-15H2. The molecule has 2 aromatic rings. The number of hydrogen-bond donors (Lipinski definition) is 0. The van der Waals surface area contributed by atoms with Crippen LogP contribution in [0.1, 0.15) is 40.4 Å². The zero-order chi connectivity index (χ0) is 19.5. The molecule has 0 spiro atoms. The normalized spacial score (nSPS) is 20.8. The summed E-state index contributed by atoms with van der Waals surface area (Å²) < 4.78 is 0. The summed E-state index contributed by atoms with van der Waals surface area (Å²) in [5.74, 6) is 0.713. The number of aldehydes is 1. The minimum absolute atomic E-state index is 0.110. The molecule has 1 unspecified atom stereocenters. The maximum atomic E-state index is 12.5. The SMILES string of the molecule is O=CC1c2ccccc2CN1CC1CCN(CC(=O)c2ccc(Cl)cc2)CC1. The van der Waals surface area contributed by atoms with Crippen molar-refractivity contribution in [3.8, 4) is 0 Å². The van der Waals surface area contributed by atoms with E-state index < -0.39 is 0 Å². The Morgan fingerprint density at radius 3 is 2.50 bits per heavy atom. The summed E-state index contributed by atoms with van der Waals surface area (Å²) in [6, 6.07) is 15.2. The van der Waals surface area contributed by atoms with Gasteiger partial charge < -0.3 is 4.79 Å². The summed E-state index contributed by atoms with van der Waals surface area (Å²) in [4.78, 5) is 28.7. The molecule has 2 aliphatic heterocycles. The Kier molecular flexibility index (Phi) is 5.90.